The van der Waals surface area contributed by atoms with Gasteiger partial charge in [-0.3, -0.25) is 14.4 Å². The second-order valence-electron chi connectivity index (χ2n) is 5.20. The third kappa shape index (κ3) is 3.00. The summed E-state index contributed by atoms with van der Waals surface area (Å²) >= 11 is 0. The molecule has 112 valence electrons. The van der Waals surface area contributed by atoms with E-state index in [4.69, 9.17) is 16.2 Å². The van der Waals surface area contributed by atoms with E-state index in [-0.39, 0.29) is 18.0 Å². The highest BCUT2D eigenvalue weighted by Gasteiger charge is 2.36. The van der Waals surface area contributed by atoms with Gasteiger partial charge < -0.3 is 16.2 Å². The first-order valence-electron chi connectivity index (χ1n) is 6.91. The molecule has 2 heterocycles. The molecule has 20 heavy (non-hydrogen) atoms. The van der Waals surface area contributed by atoms with Crippen LogP contribution in [0.15, 0.2) is 12.4 Å². The molecule has 0 saturated carbocycles. The summed E-state index contributed by atoms with van der Waals surface area (Å²) in [6, 6.07) is -0.596. The number of hydrogen-bond acceptors (Lipinski definition) is 5. The maximum Gasteiger partial charge on any atom is 0.237 e. The van der Waals surface area contributed by atoms with E-state index >= 15 is 0 Å². The van der Waals surface area contributed by atoms with Crippen molar-refractivity contribution in [2.75, 3.05) is 19.8 Å². The summed E-state index contributed by atoms with van der Waals surface area (Å²) in [5, 5.41) is 4.21. The van der Waals surface area contributed by atoms with Gasteiger partial charge >= 0.3 is 0 Å². The molecule has 1 amide bonds. The minimum atomic E-state index is -0.438. The smallest absolute Gasteiger partial charge is 0.237 e. The molecule has 4 N–H and O–H groups in total. The average Bonchev–Trinajstić information content (AvgIpc) is 2.85. The van der Waals surface area contributed by atoms with Crippen LogP contribution < -0.4 is 11.5 Å². The zero-order valence-electron chi connectivity index (χ0n) is 12.0. The molecular weight excluding hydrogens is 258 g/mol. The number of morpholine rings is 1. The number of carbonyl (C=O) groups is 1. The third-order valence-corrected chi connectivity index (χ3v) is 3.80. The Kier molecular flexibility index (Phi) is 4.74. The second kappa shape index (κ2) is 6.34. The summed E-state index contributed by atoms with van der Waals surface area (Å²) in [7, 11) is 1.86. The van der Waals surface area contributed by atoms with Crippen molar-refractivity contribution in [1.82, 2.24) is 14.7 Å². The molecule has 1 fully saturated rings. The molecule has 0 aromatic carbocycles. The lowest BCUT2D eigenvalue weighted by molar-refractivity contribution is -0.132. The first kappa shape index (κ1) is 15.0. The predicted octanol–water partition coefficient (Wildman–Crippen LogP) is -0.615. The third-order valence-electron chi connectivity index (χ3n) is 3.80. The van der Waals surface area contributed by atoms with Crippen molar-refractivity contribution in [2.45, 2.75) is 31.5 Å². The largest absolute Gasteiger partial charge is 0.378 e. The van der Waals surface area contributed by atoms with E-state index in [9.17, 15) is 4.79 Å². The van der Waals surface area contributed by atoms with Crippen LogP contribution >= 0.6 is 0 Å². The Balaban J connectivity index is 2.31. The summed E-state index contributed by atoms with van der Waals surface area (Å²) in [5.41, 5.74) is 12.8. The molecule has 1 aromatic heterocycles. The lowest BCUT2D eigenvalue weighted by Crippen LogP contribution is -2.56. The highest BCUT2D eigenvalue weighted by atomic mass is 16.5. The number of primary amides is 1. The molecule has 2 rings (SSSR count). The molecule has 3 unspecified atom stereocenters. The van der Waals surface area contributed by atoms with Gasteiger partial charge in [0.25, 0.3) is 0 Å². The van der Waals surface area contributed by atoms with Crippen molar-refractivity contribution in [3.05, 3.63) is 18.0 Å². The van der Waals surface area contributed by atoms with Crippen LogP contribution in [0, 0.1) is 0 Å². The Morgan fingerprint density at radius 1 is 1.65 bits per heavy atom. The van der Waals surface area contributed by atoms with Gasteiger partial charge in [-0.15, -0.1) is 0 Å². The monoisotopic (exact) mass is 281 g/mol. The van der Waals surface area contributed by atoms with E-state index in [2.05, 4.69) is 10.00 Å². The zero-order chi connectivity index (χ0) is 14.7. The first-order chi connectivity index (χ1) is 9.54. The molecular formula is C13H23N5O2. The molecule has 7 heteroatoms. The standard InChI is InChI=1S/C13H23N5O2/c1-3-10(14)12(9-6-16-17(2)7-9)18-4-5-20-8-11(18)13(15)19/h6-7,10-12H,3-5,8,14H2,1-2H3,(H2,15,19). The molecule has 0 spiro atoms. The van der Waals surface area contributed by atoms with E-state index in [1.807, 2.05) is 20.2 Å². The molecule has 1 saturated heterocycles. The number of aryl methyl sites for hydroxylation is 1. The zero-order valence-corrected chi connectivity index (χ0v) is 12.0. The van der Waals surface area contributed by atoms with E-state index in [0.717, 1.165) is 12.0 Å². The summed E-state index contributed by atoms with van der Waals surface area (Å²) in [6.45, 7) is 3.58. The Morgan fingerprint density at radius 3 is 2.95 bits per heavy atom. The van der Waals surface area contributed by atoms with Gasteiger partial charge in [0.05, 0.1) is 25.5 Å². The van der Waals surface area contributed by atoms with E-state index in [1.54, 1.807) is 10.9 Å². The minimum absolute atomic E-state index is 0.0740. The second-order valence-corrected chi connectivity index (χ2v) is 5.20. The molecule has 0 bridgehead atoms. The van der Waals surface area contributed by atoms with Crippen LogP contribution in [0.3, 0.4) is 0 Å². The van der Waals surface area contributed by atoms with Gasteiger partial charge in [0.15, 0.2) is 0 Å². The number of nitrogens with two attached hydrogens (primary N) is 2. The van der Waals surface area contributed by atoms with Crippen molar-refractivity contribution in [3.63, 3.8) is 0 Å². The van der Waals surface area contributed by atoms with E-state index in [0.29, 0.717) is 19.8 Å². The maximum absolute atomic E-state index is 11.7. The van der Waals surface area contributed by atoms with Crippen LogP contribution in [0.1, 0.15) is 24.9 Å². The molecule has 0 aliphatic carbocycles. The maximum atomic E-state index is 11.7. The van der Waals surface area contributed by atoms with Gasteiger partial charge in [0.1, 0.15) is 6.04 Å². The van der Waals surface area contributed by atoms with Crippen LogP contribution in [-0.2, 0) is 16.6 Å². The van der Waals surface area contributed by atoms with Crippen LogP contribution in [0.25, 0.3) is 0 Å². The number of hydrogen-bond donors (Lipinski definition) is 2. The highest BCUT2D eigenvalue weighted by Crippen LogP contribution is 2.28. The van der Waals surface area contributed by atoms with Gasteiger partial charge in [0, 0.05) is 31.4 Å². The topological polar surface area (TPSA) is 99.4 Å². The summed E-state index contributed by atoms with van der Waals surface area (Å²) < 4.78 is 7.11. The fraction of sp³-hybridized carbons (Fsp3) is 0.692. The number of rotatable bonds is 5. The Bertz CT molecular complexity index is 461. The molecule has 1 aliphatic rings. The normalized spacial score (nSPS) is 23.4. The molecule has 7 nitrogen and oxygen atoms in total. The Labute approximate surface area is 118 Å². The van der Waals surface area contributed by atoms with Gasteiger partial charge in [-0.25, -0.2) is 0 Å². The molecule has 1 aliphatic heterocycles. The van der Waals surface area contributed by atoms with Crippen molar-refractivity contribution in [1.29, 1.82) is 0 Å². The first-order valence-corrected chi connectivity index (χ1v) is 6.91. The average molecular weight is 281 g/mol. The number of nitrogens with zero attached hydrogens (tertiary/aromatic N) is 3. The van der Waals surface area contributed by atoms with Crippen molar-refractivity contribution >= 4 is 5.91 Å². The quantitative estimate of drug-likeness (QED) is 0.749. The Hall–Kier alpha value is -1.44. The fourth-order valence-electron chi connectivity index (χ4n) is 2.70. The number of carbonyl (C=O) groups excluding carboxylic acids is 1. The summed E-state index contributed by atoms with van der Waals surface area (Å²) in [6.07, 6.45) is 4.55. The van der Waals surface area contributed by atoms with Crippen LogP contribution in [0.5, 0.6) is 0 Å². The molecule has 3 atom stereocenters. The SMILES string of the molecule is CCC(N)C(c1cnn(C)c1)N1CCOCC1C(N)=O. The van der Waals surface area contributed by atoms with Crippen LogP contribution in [-0.4, -0.2) is 52.4 Å². The van der Waals surface area contributed by atoms with Crippen LogP contribution in [0.4, 0.5) is 0 Å². The summed E-state index contributed by atoms with van der Waals surface area (Å²) in [4.78, 5) is 13.7. The van der Waals surface area contributed by atoms with Gasteiger partial charge in [-0.1, -0.05) is 6.92 Å². The highest BCUT2D eigenvalue weighted by molar-refractivity contribution is 5.80. The Morgan fingerprint density at radius 2 is 2.40 bits per heavy atom. The fourth-order valence-corrected chi connectivity index (χ4v) is 2.70. The molecule has 1 aromatic rings. The predicted molar refractivity (Wildman–Crippen MR) is 74.7 cm³/mol. The van der Waals surface area contributed by atoms with Gasteiger partial charge in [0.2, 0.25) is 5.91 Å². The van der Waals surface area contributed by atoms with Crippen molar-refractivity contribution < 1.29 is 9.53 Å². The van der Waals surface area contributed by atoms with E-state index < -0.39 is 6.04 Å². The lowest BCUT2D eigenvalue weighted by atomic mass is 9.96. The minimum Gasteiger partial charge on any atom is -0.378 e. The van der Waals surface area contributed by atoms with E-state index in [1.165, 1.54) is 0 Å². The lowest BCUT2D eigenvalue weighted by Gasteiger charge is -2.41. The molecule has 0 radical (unpaired) electrons. The number of aromatic nitrogens is 2. The van der Waals surface area contributed by atoms with Crippen LogP contribution in [0.2, 0.25) is 0 Å². The number of amides is 1. The number of ether oxygens (including phenoxy) is 1. The summed E-state index contributed by atoms with van der Waals surface area (Å²) in [5.74, 6) is -0.373. The van der Waals surface area contributed by atoms with Gasteiger partial charge in [-0.05, 0) is 6.42 Å². The van der Waals surface area contributed by atoms with Crippen molar-refractivity contribution in [2.24, 2.45) is 18.5 Å². The van der Waals surface area contributed by atoms with Gasteiger partial charge in [-0.2, -0.15) is 5.10 Å². The van der Waals surface area contributed by atoms with Crippen molar-refractivity contribution in [3.8, 4) is 0 Å².